The number of aromatic nitrogens is 3. The second-order valence-electron chi connectivity index (χ2n) is 8.98. The van der Waals surface area contributed by atoms with Crippen molar-refractivity contribution >= 4 is 23.1 Å². The van der Waals surface area contributed by atoms with E-state index in [9.17, 15) is 22.4 Å². The van der Waals surface area contributed by atoms with Crippen LogP contribution in [0.1, 0.15) is 24.8 Å². The van der Waals surface area contributed by atoms with Crippen LogP contribution in [0.3, 0.4) is 0 Å². The number of anilines is 3. The molecule has 2 aromatic heterocycles. The first-order valence-electron chi connectivity index (χ1n) is 12.2. The molecule has 0 bridgehead atoms. The number of halogens is 4. The number of rotatable bonds is 6. The smallest absolute Gasteiger partial charge is 0.416 e. The van der Waals surface area contributed by atoms with Crippen LogP contribution in [-0.2, 0) is 6.18 Å². The SMILES string of the molecule is O=C(Nc1cc(N2CCCCC2)cc(C(F)(F)F)c1)Nc1cc(Oc2cccc(-c3cn[nH]c3)n2)ccc1F. The van der Waals surface area contributed by atoms with Crippen molar-refractivity contribution < 1.29 is 27.1 Å². The number of benzene rings is 2. The number of carbonyl (C=O) groups is 1. The lowest BCUT2D eigenvalue weighted by molar-refractivity contribution is -0.137. The highest BCUT2D eigenvalue weighted by atomic mass is 19.4. The van der Waals surface area contributed by atoms with E-state index in [-0.39, 0.29) is 23.0 Å². The van der Waals surface area contributed by atoms with Gasteiger partial charge in [0.15, 0.2) is 0 Å². The Morgan fingerprint density at radius 2 is 1.82 bits per heavy atom. The molecule has 2 amide bonds. The molecule has 202 valence electrons. The summed E-state index contributed by atoms with van der Waals surface area (Å²) in [5, 5.41) is 11.3. The number of piperidine rings is 1. The second kappa shape index (κ2) is 11.0. The van der Waals surface area contributed by atoms with Crippen molar-refractivity contribution in [2.45, 2.75) is 25.4 Å². The number of urea groups is 1. The average Bonchev–Trinajstić information content (AvgIpc) is 3.46. The van der Waals surface area contributed by atoms with Crippen LogP contribution >= 0.6 is 0 Å². The lowest BCUT2D eigenvalue weighted by Gasteiger charge is -2.29. The van der Waals surface area contributed by atoms with Crippen molar-refractivity contribution in [1.82, 2.24) is 15.2 Å². The molecule has 3 heterocycles. The fourth-order valence-electron chi connectivity index (χ4n) is 4.27. The minimum Gasteiger partial charge on any atom is -0.439 e. The van der Waals surface area contributed by atoms with Gasteiger partial charge in [-0.15, -0.1) is 0 Å². The van der Waals surface area contributed by atoms with Gasteiger partial charge in [0.1, 0.15) is 11.6 Å². The molecule has 1 aliphatic rings. The van der Waals surface area contributed by atoms with Gasteiger partial charge in [0, 0.05) is 48.4 Å². The number of ether oxygens (including phenoxy) is 1. The zero-order valence-corrected chi connectivity index (χ0v) is 20.6. The maximum atomic E-state index is 14.5. The Kier molecular flexibility index (Phi) is 7.35. The third-order valence-electron chi connectivity index (χ3n) is 6.15. The summed E-state index contributed by atoms with van der Waals surface area (Å²) in [6, 6.07) is 11.3. The van der Waals surface area contributed by atoms with Gasteiger partial charge in [-0.05, 0) is 55.7 Å². The van der Waals surface area contributed by atoms with E-state index in [4.69, 9.17) is 4.74 Å². The molecule has 1 aliphatic heterocycles. The minimum atomic E-state index is -4.60. The minimum absolute atomic E-state index is 0.0593. The fourth-order valence-corrected chi connectivity index (χ4v) is 4.27. The molecule has 4 aromatic rings. The van der Waals surface area contributed by atoms with Gasteiger partial charge in [-0.2, -0.15) is 18.3 Å². The Labute approximate surface area is 221 Å². The van der Waals surface area contributed by atoms with E-state index in [1.54, 1.807) is 30.6 Å². The van der Waals surface area contributed by atoms with E-state index in [1.807, 2.05) is 4.90 Å². The molecule has 3 N–H and O–H groups in total. The van der Waals surface area contributed by atoms with E-state index < -0.39 is 23.6 Å². The molecular weight excluding hydrogens is 516 g/mol. The number of nitrogens with zero attached hydrogens (tertiary/aromatic N) is 3. The predicted molar refractivity (Wildman–Crippen MR) is 138 cm³/mol. The monoisotopic (exact) mass is 540 g/mol. The molecule has 0 atom stereocenters. The molecule has 1 fully saturated rings. The standard InChI is InChI=1S/C27H24F4N6O2/c28-22-8-7-21(39-25-6-4-5-23(35-25)17-15-32-33-16-17)14-24(22)36-26(38)34-19-11-18(27(29,30)31)12-20(13-19)37-9-2-1-3-10-37/h4-8,11-16H,1-3,9-10H2,(H,32,33)(H2,34,36,38). The summed E-state index contributed by atoms with van der Waals surface area (Å²) in [5.41, 5.74) is 0.553. The summed E-state index contributed by atoms with van der Waals surface area (Å²) >= 11 is 0. The third-order valence-corrected chi connectivity index (χ3v) is 6.15. The summed E-state index contributed by atoms with van der Waals surface area (Å²) < 4.78 is 60.9. The highest BCUT2D eigenvalue weighted by Crippen LogP contribution is 2.35. The van der Waals surface area contributed by atoms with Crippen LogP contribution in [0.15, 0.2) is 67.0 Å². The van der Waals surface area contributed by atoms with Gasteiger partial charge in [-0.3, -0.25) is 5.10 Å². The summed E-state index contributed by atoms with van der Waals surface area (Å²) in [7, 11) is 0. The number of alkyl halides is 3. The first kappa shape index (κ1) is 26.0. The summed E-state index contributed by atoms with van der Waals surface area (Å²) in [6.45, 7) is 1.26. The Morgan fingerprint density at radius 1 is 1.00 bits per heavy atom. The number of aromatic amines is 1. The lowest BCUT2D eigenvalue weighted by atomic mass is 10.1. The van der Waals surface area contributed by atoms with Gasteiger partial charge in [0.25, 0.3) is 0 Å². The lowest BCUT2D eigenvalue weighted by Crippen LogP contribution is -2.30. The zero-order valence-electron chi connectivity index (χ0n) is 20.6. The highest BCUT2D eigenvalue weighted by Gasteiger charge is 2.32. The summed E-state index contributed by atoms with van der Waals surface area (Å²) in [5.74, 6) is -0.337. The summed E-state index contributed by atoms with van der Waals surface area (Å²) in [6.07, 6.45) is 1.44. The fraction of sp³-hybridized carbons (Fsp3) is 0.222. The first-order valence-corrected chi connectivity index (χ1v) is 12.2. The quantitative estimate of drug-likeness (QED) is 0.228. The number of H-pyrrole nitrogens is 1. The van der Waals surface area contributed by atoms with Crippen LogP contribution in [0, 0.1) is 5.82 Å². The number of hydrogen-bond donors (Lipinski definition) is 3. The highest BCUT2D eigenvalue weighted by molar-refractivity contribution is 6.00. The van der Waals surface area contributed by atoms with Crippen LogP contribution in [-0.4, -0.2) is 34.3 Å². The zero-order chi connectivity index (χ0) is 27.4. The van der Waals surface area contributed by atoms with Crippen LogP contribution in [0.2, 0.25) is 0 Å². The van der Waals surface area contributed by atoms with Gasteiger partial charge in [-0.1, -0.05) is 6.07 Å². The van der Waals surface area contributed by atoms with Gasteiger partial charge in [0.2, 0.25) is 5.88 Å². The van der Waals surface area contributed by atoms with Crippen LogP contribution in [0.5, 0.6) is 11.6 Å². The van der Waals surface area contributed by atoms with E-state index >= 15 is 0 Å². The molecule has 39 heavy (non-hydrogen) atoms. The molecule has 1 saturated heterocycles. The molecule has 0 aliphatic carbocycles. The van der Waals surface area contributed by atoms with Crippen molar-refractivity contribution in [2.75, 3.05) is 28.6 Å². The maximum Gasteiger partial charge on any atom is 0.416 e. The number of pyridine rings is 1. The van der Waals surface area contributed by atoms with E-state index in [1.165, 1.54) is 18.2 Å². The van der Waals surface area contributed by atoms with Gasteiger partial charge >= 0.3 is 12.2 Å². The topological polar surface area (TPSA) is 95.2 Å². The third kappa shape index (κ3) is 6.46. The van der Waals surface area contributed by atoms with Crippen molar-refractivity contribution in [3.63, 3.8) is 0 Å². The van der Waals surface area contributed by atoms with Gasteiger partial charge in [-0.25, -0.2) is 14.2 Å². The van der Waals surface area contributed by atoms with Crippen LogP contribution < -0.4 is 20.3 Å². The molecule has 0 saturated carbocycles. The molecule has 2 aromatic carbocycles. The summed E-state index contributed by atoms with van der Waals surface area (Å²) in [4.78, 5) is 18.9. The normalized spacial score (nSPS) is 13.7. The van der Waals surface area contributed by atoms with E-state index in [0.29, 0.717) is 24.5 Å². The van der Waals surface area contributed by atoms with Crippen LogP contribution in [0.4, 0.5) is 39.4 Å². The van der Waals surface area contributed by atoms with Gasteiger partial charge in [0.05, 0.1) is 23.1 Å². The number of amides is 2. The molecule has 0 unspecified atom stereocenters. The van der Waals surface area contributed by atoms with Crippen LogP contribution in [0.25, 0.3) is 11.3 Å². The Bertz CT molecular complexity index is 1450. The molecular formula is C27H24F4N6O2. The molecule has 0 spiro atoms. The predicted octanol–water partition coefficient (Wildman–Crippen LogP) is 7.06. The first-order chi connectivity index (χ1) is 18.7. The number of carbonyl (C=O) groups excluding carboxylic acids is 1. The molecule has 5 rings (SSSR count). The van der Waals surface area contributed by atoms with E-state index in [0.717, 1.165) is 43.0 Å². The van der Waals surface area contributed by atoms with Crippen molar-refractivity contribution in [3.8, 4) is 22.9 Å². The number of hydrogen-bond acceptors (Lipinski definition) is 5. The molecule has 12 heteroatoms. The number of nitrogens with one attached hydrogen (secondary N) is 3. The average molecular weight is 541 g/mol. The second-order valence-corrected chi connectivity index (χ2v) is 8.98. The maximum absolute atomic E-state index is 14.5. The van der Waals surface area contributed by atoms with Crippen molar-refractivity contribution in [3.05, 3.63) is 78.4 Å². The van der Waals surface area contributed by atoms with Crippen molar-refractivity contribution in [2.24, 2.45) is 0 Å². The molecule has 0 radical (unpaired) electrons. The van der Waals surface area contributed by atoms with Crippen molar-refractivity contribution in [1.29, 1.82) is 0 Å². The Hall–Kier alpha value is -4.61. The molecule has 8 nitrogen and oxygen atoms in total. The van der Waals surface area contributed by atoms with Gasteiger partial charge < -0.3 is 20.3 Å². The Balaban J connectivity index is 1.31. The van der Waals surface area contributed by atoms with E-state index in [2.05, 4.69) is 25.8 Å². The Morgan fingerprint density at radius 3 is 2.56 bits per heavy atom. The largest absolute Gasteiger partial charge is 0.439 e.